The van der Waals surface area contributed by atoms with Crippen LogP contribution in [0, 0.1) is 0 Å². The second kappa shape index (κ2) is 9.90. The number of aldehydes is 1. The standard InChI is InChI=1S/C20H23N5O7/c26-11-13(9-16(27)28)22-18(30)15-7-4-8-24-20(32)21-10-14(19(31)25(15)24)23-17(29)12-5-2-1-3-6-12/h1-3,5-6,11,13-15H,4,7-10H2,(H,21,32)(H,22,30)(H,23,29)(H,27,28)/t13-,14-,15-/m0/s1. The Morgan fingerprint density at radius 1 is 1.22 bits per heavy atom. The van der Waals surface area contributed by atoms with Crippen LogP contribution in [-0.4, -0.2) is 82.3 Å². The molecular weight excluding hydrogens is 422 g/mol. The molecule has 3 rings (SSSR count). The summed E-state index contributed by atoms with van der Waals surface area (Å²) >= 11 is 0. The number of aliphatic carboxylic acids is 1. The van der Waals surface area contributed by atoms with Crippen LogP contribution in [0.4, 0.5) is 4.79 Å². The first-order chi connectivity index (χ1) is 15.3. The lowest BCUT2D eigenvalue weighted by molar-refractivity contribution is -0.161. The summed E-state index contributed by atoms with van der Waals surface area (Å²) < 4.78 is 0. The van der Waals surface area contributed by atoms with Crippen molar-refractivity contribution in [2.24, 2.45) is 0 Å². The van der Waals surface area contributed by atoms with Crippen LogP contribution in [0.25, 0.3) is 0 Å². The fourth-order valence-corrected chi connectivity index (χ4v) is 3.62. The summed E-state index contributed by atoms with van der Waals surface area (Å²) in [5.74, 6) is -3.23. The molecule has 2 heterocycles. The molecule has 5 amide bonds. The molecule has 2 saturated heterocycles. The molecule has 12 nitrogen and oxygen atoms in total. The van der Waals surface area contributed by atoms with Crippen LogP contribution in [0.15, 0.2) is 30.3 Å². The molecule has 4 N–H and O–H groups in total. The number of hydrazine groups is 1. The van der Waals surface area contributed by atoms with E-state index in [0.29, 0.717) is 18.3 Å². The number of carboxylic acids is 1. The fourth-order valence-electron chi connectivity index (χ4n) is 3.62. The smallest absolute Gasteiger partial charge is 0.336 e. The van der Waals surface area contributed by atoms with E-state index in [1.165, 1.54) is 0 Å². The van der Waals surface area contributed by atoms with E-state index in [1.807, 2.05) is 0 Å². The number of carbonyl (C=O) groups is 6. The first-order valence-electron chi connectivity index (χ1n) is 10.0. The number of nitrogens with one attached hydrogen (secondary N) is 3. The van der Waals surface area contributed by atoms with E-state index >= 15 is 0 Å². The van der Waals surface area contributed by atoms with E-state index in [0.717, 1.165) is 10.0 Å². The molecule has 0 aromatic heterocycles. The molecule has 0 saturated carbocycles. The van der Waals surface area contributed by atoms with Gasteiger partial charge in [0.2, 0.25) is 5.91 Å². The van der Waals surface area contributed by atoms with Crippen molar-refractivity contribution < 1.29 is 33.9 Å². The van der Waals surface area contributed by atoms with Crippen LogP contribution in [0.3, 0.4) is 0 Å². The molecule has 1 aromatic rings. The monoisotopic (exact) mass is 445 g/mol. The number of fused-ring (bicyclic) bond motifs is 1. The molecule has 32 heavy (non-hydrogen) atoms. The van der Waals surface area contributed by atoms with Crippen LogP contribution in [0.1, 0.15) is 29.6 Å². The van der Waals surface area contributed by atoms with E-state index in [-0.39, 0.29) is 19.5 Å². The van der Waals surface area contributed by atoms with Crippen molar-refractivity contribution in [3.05, 3.63) is 35.9 Å². The molecule has 2 fully saturated rings. The molecule has 2 aliphatic heterocycles. The molecule has 0 radical (unpaired) electrons. The number of hydrogen-bond acceptors (Lipinski definition) is 6. The highest BCUT2D eigenvalue weighted by molar-refractivity contribution is 5.99. The zero-order valence-electron chi connectivity index (χ0n) is 17.0. The molecule has 0 bridgehead atoms. The van der Waals surface area contributed by atoms with Crippen molar-refractivity contribution >= 4 is 36.0 Å². The van der Waals surface area contributed by atoms with Gasteiger partial charge in [0.25, 0.3) is 11.8 Å². The van der Waals surface area contributed by atoms with Gasteiger partial charge in [-0.2, -0.15) is 0 Å². The maximum atomic E-state index is 13.3. The maximum Gasteiger partial charge on any atom is 0.336 e. The van der Waals surface area contributed by atoms with Crippen molar-refractivity contribution in [2.45, 2.75) is 37.4 Å². The van der Waals surface area contributed by atoms with E-state index in [4.69, 9.17) is 5.11 Å². The van der Waals surface area contributed by atoms with Crippen LogP contribution in [0.2, 0.25) is 0 Å². The summed E-state index contributed by atoms with van der Waals surface area (Å²) in [6.45, 7) is 0.000492. The zero-order valence-corrected chi connectivity index (χ0v) is 17.0. The topological polar surface area (TPSA) is 165 Å². The number of urea groups is 1. The van der Waals surface area contributed by atoms with Gasteiger partial charge in [-0.05, 0) is 25.0 Å². The lowest BCUT2D eigenvalue weighted by Crippen LogP contribution is -2.64. The Balaban J connectivity index is 1.81. The Morgan fingerprint density at radius 3 is 2.59 bits per heavy atom. The van der Waals surface area contributed by atoms with Gasteiger partial charge < -0.3 is 25.9 Å². The van der Waals surface area contributed by atoms with Crippen molar-refractivity contribution in [2.75, 3.05) is 13.1 Å². The SMILES string of the molecule is O=C[C@H](CC(=O)O)NC(=O)[C@@H]1CCCN2C(=O)NC[C@H](NC(=O)c3ccccc3)C(=O)N12. The highest BCUT2D eigenvalue weighted by Crippen LogP contribution is 2.22. The van der Waals surface area contributed by atoms with Gasteiger partial charge in [-0.15, -0.1) is 0 Å². The average Bonchev–Trinajstić information content (AvgIpc) is 2.90. The van der Waals surface area contributed by atoms with Gasteiger partial charge in [0.1, 0.15) is 18.4 Å². The molecule has 12 heteroatoms. The van der Waals surface area contributed by atoms with E-state index in [2.05, 4.69) is 16.0 Å². The third-order valence-electron chi connectivity index (χ3n) is 5.15. The van der Waals surface area contributed by atoms with E-state index in [1.54, 1.807) is 30.3 Å². The Bertz CT molecular complexity index is 922. The fraction of sp³-hybridized carbons (Fsp3) is 0.400. The predicted molar refractivity (Wildman–Crippen MR) is 108 cm³/mol. The van der Waals surface area contributed by atoms with Gasteiger partial charge in [0.15, 0.2) is 0 Å². The minimum Gasteiger partial charge on any atom is -0.481 e. The number of benzene rings is 1. The van der Waals surface area contributed by atoms with Gasteiger partial charge in [0.05, 0.1) is 12.5 Å². The number of nitrogens with zero attached hydrogens (tertiary/aromatic N) is 2. The Morgan fingerprint density at radius 2 is 1.94 bits per heavy atom. The molecule has 0 aliphatic carbocycles. The number of amides is 5. The number of carboxylic acid groups (broad SMARTS) is 1. The Labute approximate surface area is 182 Å². The van der Waals surface area contributed by atoms with Crippen molar-refractivity contribution in [3.63, 3.8) is 0 Å². The van der Waals surface area contributed by atoms with Gasteiger partial charge in [-0.1, -0.05) is 18.2 Å². The number of rotatable bonds is 7. The van der Waals surface area contributed by atoms with Gasteiger partial charge in [-0.25, -0.2) is 14.8 Å². The molecule has 1 aromatic carbocycles. The number of hydrogen-bond donors (Lipinski definition) is 4. The summed E-state index contributed by atoms with van der Waals surface area (Å²) in [6, 6.07) is 4.04. The minimum absolute atomic E-state index is 0.173. The first-order valence-corrected chi connectivity index (χ1v) is 10.0. The van der Waals surface area contributed by atoms with Gasteiger partial charge in [-0.3, -0.25) is 19.2 Å². The van der Waals surface area contributed by atoms with Gasteiger partial charge in [0, 0.05) is 18.7 Å². The van der Waals surface area contributed by atoms with Crippen LogP contribution >= 0.6 is 0 Å². The molecule has 0 unspecified atom stereocenters. The summed E-state index contributed by atoms with van der Waals surface area (Å²) in [7, 11) is 0. The Kier molecular flexibility index (Phi) is 7.03. The molecule has 3 atom stereocenters. The van der Waals surface area contributed by atoms with Crippen molar-refractivity contribution in [3.8, 4) is 0 Å². The van der Waals surface area contributed by atoms with Gasteiger partial charge >= 0.3 is 12.0 Å². The third-order valence-corrected chi connectivity index (χ3v) is 5.15. The molecule has 170 valence electrons. The van der Waals surface area contributed by atoms with E-state index < -0.39 is 54.3 Å². The molecule has 0 spiro atoms. The average molecular weight is 445 g/mol. The lowest BCUT2D eigenvalue weighted by atomic mass is 10.0. The summed E-state index contributed by atoms with van der Waals surface area (Å²) in [5.41, 5.74) is 0.322. The Hall–Kier alpha value is -3.96. The lowest BCUT2D eigenvalue weighted by Gasteiger charge is -2.42. The summed E-state index contributed by atoms with van der Waals surface area (Å²) in [6.07, 6.45) is 0.280. The largest absolute Gasteiger partial charge is 0.481 e. The second-order valence-corrected chi connectivity index (χ2v) is 7.39. The van der Waals surface area contributed by atoms with Crippen LogP contribution in [-0.2, 0) is 19.2 Å². The quantitative estimate of drug-likeness (QED) is 0.386. The zero-order chi connectivity index (χ0) is 23.3. The van der Waals surface area contributed by atoms with Crippen molar-refractivity contribution in [1.29, 1.82) is 0 Å². The first kappa shape index (κ1) is 22.7. The normalized spacial score (nSPS) is 21.5. The third kappa shape index (κ3) is 5.02. The highest BCUT2D eigenvalue weighted by Gasteiger charge is 2.45. The summed E-state index contributed by atoms with van der Waals surface area (Å²) in [5, 5.41) is 18.4. The van der Waals surface area contributed by atoms with Crippen LogP contribution in [0.5, 0.6) is 0 Å². The molecular formula is C20H23N5O7. The second-order valence-electron chi connectivity index (χ2n) is 7.39. The summed E-state index contributed by atoms with van der Waals surface area (Å²) in [4.78, 5) is 73.2. The maximum absolute atomic E-state index is 13.3. The minimum atomic E-state index is -1.28. The molecule has 2 aliphatic rings. The predicted octanol–water partition coefficient (Wildman–Crippen LogP) is -1.13. The highest BCUT2D eigenvalue weighted by atomic mass is 16.4. The van der Waals surface area contributed by atoms with Crippen molar-refractivity contribution in [1.82, 2.24) is 26.0 Å². The van der Waals surface area contributed by atoms with E-state index in [9.17, 15) is 28.8 Å². The number of carbonyl (C=O) groups excluding carboxylic acids is 5. The van der Waals surface area contributed by atoms with Crippen LogP contribution < -0.4 is 16.0 Å².